The third-order valence-corrected chi connectivity index (χ3v) is 4.14. The number of rotatable bonds is 8. The molecule has 140 valence electrons. The van der Waals surface area contributed by atoms with E-state index in [4.69, 9.17) is 15.2 Å². The van der Waals surface area contributed by atoms with Crippen molar-refractivity contribution in [1.82, 2.24) is 5.32 Å². The van der Waals surface area contributed by atoms with Crippen molar-refractivity contribution >= 4 is 11.6 Å². The van der Waals surface area contributed by atoms with Gasteiger partial charge in [-0.25, -0.2) is 0 Å². The molecule has 0 heterocycles. The number of benzene rings is 2. The molecule has 5 heteroatoms. The van der Waals surface area contributed by atoms with Crippen LogP contribution in [0.3, 0.4) is 0 Å². The van der Waals surface area contributed by atoms with Gasteiger partial charge in [0.1, 0.15) is 0 Å². The van der Waals surface area contributed by atoms with Crippen molar-refractivity contribution in [3.8, 4) is 11.5 Å². The minimum absolute atomic E-state index is 0.166. The maximum atomic E-state index is 12.4. The van der Waals surface area contributed by atoms with E-state index in [9.17, 15) is 4.79 Å². The SMILES string of the molecule is COc1cc(C(C)NC(=O)c2cccc(N)c2)ccc1OCCC(C)C. The number of amides is 1. The van der Waals surface area contributed by atoms with E-state index >= 15 is 0 Å². The van der Waals surface area contributed by atoms with Crippen LogP contribution < -0.4 is 20.5 Å². The number of ether oxygens (including phenoxy) is 2. The molecule has 1 unspecified atom stereocenters. The fourth-order valence-electron chi connectivity index (χ4n) is 2.52. The van der Waals surface area contributed by atoms with E-state index in [1.165, 1.54) is 0 Å². The lowest BCUT2D eigenvalue weighted by molar-refractivity contribution is 0.0940. The topological polar surface area (TPSA) is 73.6 Å². The number of nitrogen functional groups attached to an aromatic ring is 1. The highest BCUT2D eigenvalue weighted by Gasteiger charge is 2.14. The second-order valence-electron chi connectivity index (χ2n) is 6.76. The first-order chi connectivity index (χ1) is 12.4. The maximum absolute atomic E-state index is 12.4. The highest BCUT2D eigenvalue weighted by Crippen LogP contribution is 2.30. The van der Waals surface area contributed by atoms with Crippen LogP contribution in [0, 0.1) is 5.92 Å². The van der Waals surface area contributed by atoms with Crippen molar-refractivity contribution < 1.29 is 14.3 Å². The first kappa shape index (κ1) is 19.6. The van der Waals surface area contributed by atoms with Crippen LogP contribution in [0.4, 0.5) is 5.69 Å². The van der Waals surface area contributed by atoms with Crippen LogP contribution in [-0.2, 0) is 0 Å². The predicted molar refractivity (Wildman–Crippen MR) is 105 cm³/mol. The highest BCUT2D eigenvalue weighted by molar-refractivity contribution is 5.95. The van der Waals surface area contributed by atoms with Crippen LogP contribution in [0.25, 0.3) is 0 Å². The quantitative estimate of drug-likeness (QED) is 0.696. The molecule has 5 nitrogen and oxygen atoms in total. The third-order valence-electron chi connectivity index (χ3n) is 4.14. The van der Waals surface area contributed by atoms with Crippen molar-refractivity contribution in [1.29, 1.82) is 0 Å². The van der Waals surface area contributed by atoms with E-state index < -0.39 is 0 Å². The van der Waals surface area contributed by atoms with Gasteiger partial charge in [0.25, 0.3) is 5.91 Å². The fourth-order valence-corrected chi connectivity index (χ4v) is 2.52. The van der Waals surface area contributed by atoms with Gasteiger partial charge in [0.2, 0.25) is 0 Å². The molecule has 0 saturated heterocycles. The molecule has 0 aliphatic rings. The van der Waals surface area contributed by atoms with Gasteiger partial charge in [0.05, 0.1) is 19.8 Å². The van der Waals surface area contributed by atoms with Gasteiger partial charge in [-0.1, -0.05) is 26.0 Å². The van der Waals surface area contributed by atoms with E-state index in [2.05, 4.69) is 19.2 Å². The largest absolute Gasteiger partial charge is 0.493 e. The lowest BCUT2D eigenvalue weighted by Crippen LogP contribution is -2.26. The van der Waals surface area contributed by atoms with Gasteiger partial charge in [0, 0.05) is 11.3 Å². The van der Waals surface area contributed by atoms with Gasteiger partial charge in [-0.2, -0.15) is 0 Å². The number of methoxy groups -OCH3 is 1. The Kier molecular flexibility index (Phi) is 6.89. The van der Waals surface area contributed by atoms with Crippen molar-refractivity contribution in [2.75, 3.05) is 19.5 Å². The zero-order valence-electron chi connectivity index (χ0n) is 15.9. The van der Waals surface area contributed by atoms with Crippen molar-refractivity contribution in [2.45, 2.75) is 33.2 Å². The maximum Gasteiger partial charge on any atom is 0.251 e. The zero-order valence-corrected chi connectivity index (χ0v) is 15.9. The second-order valence-corrected chi connectivity index (χ2v) is 6.76. The molecule has 1 atom stereocenters. The van der Waals surface area contributed by atoms with Crippen molar-refractivity contribution in [3.63, 3.8) is 0 Å². The molecule has 2 aromatic carbocycles. The summed E-state index contributed by atoms with van der Waals surface area (Å²) in [4.78, 5) is 12.4. The number of hydrogen-bond donors (Lipinski definition) is 2. The van der Waals surface area contributed by atoms with E-state index in [-0.39, 0.29) is 11.9 Å². The summed E-state index contributed by atoms with van der Waals surface area (Å²) in [6.07, 6.45) is 0.984. The predicted octanol–water partition coefficient (Wildman–Crippen LogP) is 4.19. The van der Waals surface area contributed by atoms with Crippen molar-refractivity contribution in [2.24, 2.45) is 5.92 Å². The first-order valence-corrected chi connectivity index (χ1v) is 8.88. The minimum Gasteiger partial charge on any atom is -0.493 e. The molecule has 26 heavy (non-hydrogen) atoms. The Bertz CT molecular complexity index is 744. The van der Waals surface area contributed by atoms with E-state index in [1.54, 1.807) is 31.4 Å². The molecule has 1 amide bonds. The molecule has 0 aromatic heterocycles. The summed E-state index contributed by atoms with van der Waals surface area (Å²) in [5.41, 5.74) is 7.79. The first-order valence-electron chi connectivity index (χ1n) is 8.88. The number of carbonyl (C=O) groups excluding carboxylic acids is 1. The monoisotopic (exact) mass is 356 g/mol. The molecule has 2 rings (SSSR count). The van der Waals surface area contributed by atoms with Gasteiger partial charge in [-0.3, -0.25) is 4.79 Å². The zero-order chi connectivity index (χ0) is 19.1. The number of hydrogen-bond acceptors (Lipinski definition) is 4. The molecule has 0 radical (unpaired) electrons. The van der Waals surface area contributed by atoms with Gasteiger partial charge >= 0.3 is 0 Å². The van der Waals surface area contributed by atoms with Gasteiger partial charge in [0.15, 0.2) is 11.5 Å². The van der Waals surface area contributed by atoms with Crippen LogP contribution in [-0.4, -0.2) is 19.6 Å². The summed E-state index contributed by atoms with van der Waals surface area (Å²) < 4.78 is 11.3. The van der Waals surface area contributed by atoms with Crippen LogP contribution in [0.5, 0.6) is 11.5 Å². The number of nitrogens with one attached hydrogen (secondary N) is 1. The summed E-state index contributed by atoms with van der Waals surface area (Å²) in [5, 5.41) is 2.98. The highest BCUT2D eigenvalue weighted by atomic mass is 16.5. The minimum atomic E-state index is -0.178. The Balaban J connectivity index is 2.06. The summed E-state index contributed by atoms with van der Waals surface area (Å²) in [7, 11) is 1.62. The number of anilines is 1. The summed E-state index contributed by atoms with van der Waals surface area (Å²) in [5.74, 6) is 1.80. The Morgan fingerprint density at radius 2 is 1.88 bits per heavy atom. The van der Waals surface area contributed by atoms with E-state index in [0.29, 0.717) is 35.3 Å². The van der Waals surface area contributed by atoms with Gasteiger partial charge in [-0.05, 0) is 55.2 Å². The smallest absolute Gasteiger partial charge is 0.251 e. The van der Waals surface area contributed by atoms with Crippen LogP contribution in [0.15, 0.2) is 42.5 Å². The molecule has 0 aliphatic carbocycles. The molecule has 0 fully saturated rings. The summed E-state index contributed by atoms with van der Waals surface area (Å²) in [6, 6.07) is 12.5. The van der Waals surface area contributed by atoms with Gasteiger partial charge in [-0.15, -0.1) is 0 Å². The van der Waals surface area contributed by atoms with Crippen molar-refractivity contribution in [3.05, 3.63) is 53.6 Å². The molecule has 0 saturated carbocycles. The Labute approximate surface area is 155 Å². The van der Waals surface area contributed by atoms with Crippen LogP contribution >= 0.6 is 0 Å². The standard InChI is InChI=1S/C21H28N2O3/c1-14(2)10-11-26-19-9-8-16(13-20(19)25-4)15(3)23-21(24)17-6-5-7-18(22)12-17/h5-9,12-15H,10-11,22H2,1-4H3,(H,23,24). The van der Waals surface area contributed by atoms with Crippen LogP contribution in [0.1, 0.15) is 49.2 Å². The Hall–Kier alpha value is -2.69. The Morgan fingerprint density at radius 3 is 2.54 bits per heavy atom. The molecule has 0 aliphatic heterocycles. The normalized spacial score (nSPS) is 11.9. The Morgan fingerprint density at radius 1 is 1.12 bits per heavy atom. The molecular weight excluding hydrogens is 328 g/mol. The average molecular weight is 356 g/mol. The third kappa shape index (κ3) is 5.41. The lowest BCUT2D eigenvalue weighted by Gasteiger charge is -2.17. The van der Waals surface area contributed by atoms with E-state index in [1.807, 2.05) is 25.1 Å². The number of nitrogens with two attached hydrogens (primary N) is 1. The molecule has 0 bridgehead atoms. The number of carbonyl (C=O) groups is 1. The summed E-state index contributed by atoms with van der Waals surface area (Å²) >= 11 is 0. The average Bonchev–Trinajstić information content (AvgIpc) is 2.61. The second kappa shape index (κ2) is 9.13. The molecule has 0 spiro atoms. The van der Waals surface area contributed by atoms with E-state index in [0.717, 1.165) is 12.0 Å². The molecule has 2 aromatic rings. The lowest BCUT2D eigenvalue weighted by atomic mass is 10.1. The summed E-state index contributed by atoms with van der Waals surface area (Å²) in [6.45, 7) is 6.90. The fraction of sp³-hybridized carbons (Fsp3) is 0.381. The van der Waals surface area contributed by atoms with Gasteiger partial charge < -0.3 is 20.5 Å². The molecular formula is C21H28N2O3. The van der Waals surface area contributed by atoms with Crippen LogP contribution in [0.2, 0.25) is 0 Å². The molecule has 3 N–H and O–H groups in total.